The molecule has 90 valence electrons. The summed E-state index contributed by atoms with van der Waals surface area (Å²) in [7, 11) is 0. The van der Waals surface area contributed by atoms with Gasteiger partial charge in [0.15, 0.2) is 0 Å². The number of aromatic nitrogens is 2. The van der Waals surface area contributed by atoms with Crippen molar-refractivity contribution in [1.29, 1.82) is 0 Å². The van der Waals surface area contributed by atoms with E-state index in [4.69, 9.17) is 0 Å². The van der Waals surface area contributed by atoms with Crippen molar-refractivity contribution in [2.75, 3.05) is 18.1 Å². The van der Waals surface area contributed by atoms with Crippen LogP contribution in [0, 0.1) is 6.92 Å². The molecule has 1 heterocycles. The molecule has 3 nitrogen and oxygen atoms in total. The SMILES string of the molecule is CSc1ccc(NCCn2ccnc2C)cc1. The number of hydrogen-bond acceptors (Lipinski definition) is 3. The van der Waals surface area contributed by atoms with Gasteiger partial charge in [0.05, 0.1) is 0 Å². The third-order valence-electron chi connectivity index (χ3n) is 2.70. The summed E-state index contributed by atoms with van der Waals surface area (Å²) < 4.78 is 2.14. The fourth-order valence-electron chi connectivity index (χ4n) is 1.67. The Labute approximate surface area is 106 Å². The molecule has 1 N–H and O–H groups in total. The molecule has 0 aliphatic heterocycles. The molecule has 1 aromatic carbocycles. The van der Waals surface area contributed by atoms with Gasteiger partial charge in [0.2, 0.25) is 0 Å². The van der Waals surface area contributed by atoms with Gasteiger partial charge in [-0.1, -0.05) is 0 Å². The second kappa shape index (κ2) is 5.77. The molecule has 0 aliphatic carbocycles. The van der Waals surface area contributed by atoms with Gasteiger partial charge in [-0.3, -0.25) is 0 Å². The van der Waals surface area contributed by atoms with Gasteiger partial charge in [-0.2, -0.15) is 0 Å². The Bertz CT molecular complexity index is 462. The lowest BCUT2D eigenvalue weighted by Crippen LogP contribution is -2.10. The maximum Gasteiger partial charge on any atom is 0.105 e. The summed E-state index contributed by atoms with van der Waals surface area (Å²) in [6, 6.07) is 8.50. The zero-order valence-electron chi connectivity index (χ0n) is 10.2. The third-order valence-corrected chi connectivity index (χ3v) is 3.44. The summed E-state index contributed by atoms with van der Waals surface area (Å²) in [6.45, 7) is 3.87. The highest BCUT2D eigenvalue weighted by Gasteiger charge is 1.96. The summed E-state index contributed by atoms with van der Waals surface area (Å²) in [5.74, 6) is 1.06. The first-order chi connectivity index (χ1) is 8.29. The van der Waals surface area contributed by atoms with Gasteiger partial charge in [0.1, 0.15) is 5.82 Å². The molecule has 1 aromatic heterocycles. The maximum atomic E-state index is 4.20. The number of rotatable bonds is 5. The lowest BCUT2D eigenvalue weighted by atomic mass is 10.3. The molecule has 0 radical (unpaired) electrons. The molecule has 0 aliphatic rings. The van der Waals surface area contributed by atoms with Crippen LogP contribution < -0.4 is 5.32 Å². The topological polar surface area (TPSA) is 29.9 Å². The van der Waals surface area contributed by atoms with Crippen LogP contribution in [-0.2, 0) is 6.54 Å². The number of thioether (sulfide) groups is 1. The summed E-state index contributed by atoms with van der Waals surface area (Å²) in [5.41, 5.74) is 1.17. The molecule has 0 saturated heterocycles. The van der Waals surface area contributed by atoms with Crippen LogP contribution in [0.15, 0.2) is 41.6 Å². The van der Waals surface area contributed by atoms with Gasteiger partial charge in [0, 0.05) is 36.1 Å². The molecule has 4 heteroatoms. The zero-order chi connectivity index (χ0) is 12.1. The first kappa shape index (κ1) is 12.0. The molecule has 0 amide bonds. The number of benzene rings is 1. The van der Waals surface area contributed by atoms with Gasteiger partial charge in [-0.05, 0) is 37.4 Å². The Hall–Kier alpha value is -1.42. The Kier molecular flexibility index (Phi) is 4.09. The van der Waals surface area contributed by atoms with Crippen LogP contribution in [0.4, 0.5) is 5.69 Å². The molecular weight excluding hydrogens is 230 g/mol. The van der Waals surface area contributed by atoms with Crippen LogP contribution in [0.5, 0.6) is 0 Å². The van der Waals surface area contributed by atoms with E-state index in [1.807, 2.05) is 19.3 Å². The molecular formula is C13H17N3S. The molecule has 0 spiro atoms. The largest absolute Gasteiger partial charge is 0.383 e. The minimum atomic E-state index is 0.913. The van der Waals surface area contributed by atoms with E-state index in [0.717, 1.165) is 18.9 Å². The monoisotopic (exact) mass is 247 g/mol. The molecule has 0 atom stereocenters. The number of nitrogens with zero attached hydrogens (tertiary/aromatic N) is 2. The highest BCUT2D eigenvalue weighted by Crippen LogP contribution is 2.17. The predicted molar refractivity (Wildman–Crippen MR) is 73.7 cm³/mol. The highest BCUT2D eigenvalue weighted by molar-refractivity contribution is 7.98. The lowest BCUT2D eigenvalue weighted by Gasteiger charge is -2.08. The van der Waals surface area contributed by atoms with Crippen LogP contribution in [0.2, 0.25) is 0 Å². The third kappa shape index (κ3) is 3.27. The Morgan fingerprint density at radius 3 is 2.65 bits per heavy atom. The normalized spacial score (nSPS) is 10.5. The summed E-state index contributed by atoms with van der Waals surface area (Å²) in [4.78, 5) is 5.49. The van der Waals surface area contributed by atoms with Crippen LogP contribution >= 0.6 is 11.8 Å². The van der Waals surface area contributed by atoms with Crippen LogP contribution in [0.25, 0.3) is 0 Å². The molecule has 0 unspecified atom stereocenters. The molecule has 0 fully saturated rings. The standard InChI is InChI=1S/C13H17N3S/c1-11-14-7-9-16(11)10-8-15-12-3-5-13(17-2)6-4-12/h3-7,9,15H,8,10H2,1-2H3. The van der Waals surface area contributed by atoms with E-state index in [1.165, 1.54) is 10.6 Å². The first-order valence-electron chi connectivity index (χ1n) is 5.65. The van der Waals surface area contributed by atoms with Crippen molar-refractivity contribution in [3.05, 3.63) is 42.5 Å². The number of nitrogens with one attached hydrogen (secondary N) is 1. The van der Waals surface area contributed by atoms with E-state index in [0.29, 0.717) is 0 Å². The fourth-order valence-corrected chi connectivity index (χ4v) is 2.08. The van der Waals surface area contributed by atoms with Crippen LogP contribution in [0.3, 0.4) is 0 Å². The fraction of sp³-hybridized carbons (Fsp3) is 0.308. The van der Waals surface area contributed by atoms with E-state index < -0.39 is 0 Å². The summed E-state index contributed by atoms with van der Waals surface area (Å²) >= 11 is 1.76. The van der Waals surface area contributed by atoms with Gasteiger partial charge >= 0.3 is 0 Å². The van der Waals surface area contributed by atoms with E-state index in [9.17, 15) is 0 Å². The van der Waals surface area contributed by atoms with Crippen molar-refractivity contribution in [1.82, 2.24) is 9.55 Å². The molecule has 0 saturated carbocycles. The van der Waals surface area contributed by atoms with Crippen molar-refractivity contribution in [2.45, 2.75) is 18.4 Å². The minimum Gasteiger partial charge on any atom is -0.383 e. The second-order valence-electron chi connectivity index (χ2n) is 3.82. The van der Waals surface area contributed by atoms with E-state index in [1.54, 1.807) is 11.8 Å². The first-order valence-corrected chi connectivity index (χ1v) is 6.88. The van der Waals surface area contributed by atoms with Crippen molar-refractivity contribution < 1.29 is 0 Å². The van der Waals surface area contributed by atoms with Crippen molar-refractivity contribution >= 4 is 17.4 Å². The average Bonchev–Trinajstić information content (AvgIpc) is 2.76. The molecule has 0 bridgehead atoms. The quantitative estimate of drug-likeness (QED) is 0.824. The van der Waals surface area contributed by atoms with E-state index >= 15 is 0 Å². The number of anilines is 1. The van der Waals surface area contributed by atoms with Gasteiger partial charge in [-0.15, -0.1) is 11.8 Å². The number of hydrogen-bond donors (Lipinski definition) is 1. The van der Waals surface area contributed by atoms with Gasteiger partial charge < -0.3 is 9.88 Å². The van der Waals surface area contributed by atoms with E-state index in [2.05, 4.69) is 45.4 Å². The molecule has 17 heavy (non-hydrogen) atoms. The minimum absolute atomic E-state index is 0.913. The van der Waals surface area contributed by atoms with Crippen molar-refractivity contribution in [2.24, 2.45) is 0 Å². The Morgan fingerprint density at radius 1 is 1.29 bits per heavy atom. The van der Waals surface area contributed by atoms with Gasteiger partial charge in [-0.25, -0.2) is 4.98 Å². The Morgan fingerprint density at radius 2 is 2.06 bits per heavy atom. The average molecular weight is 247 g/mol. The predicted octanol–water partition coefficient (Wildman–Crippen LogP) is 3.03. The lowest BCUT2D eigenvalue weighted by molar-refractivity contribution is 0.701. The maximum absolute atomic E-state index is 4.20. The van der Waals surface area contributed by atoms with Crippen molar-refractivity contribution in [3.63, 3.8) is 0 Å². The van der Waals surface area contributed by atoms with Crippen LogP contribution in [-0.4, -0.2) is 22.4 Å². The summed E-state index contributed by atoms with van der Waals surface area (Å²) in [6.07, 6.45) is 5.93. The summed E-state index contributed by atoms with van der Waals surface area (Å²) in [5, 5.41) is 3.40. The number of imidazole rings is 1. The highest BCUT2D eigenvalue weighted by atomic mass is 32.2. The van der Waals surface area contributed by atoms with Crippen LogP contribution in [0.1, 0.15) is 5.82 Å². The smallest absolute Gasteiger partial charge is 0.105 e. The zero-order valence-corrected chi connectivity index (χ0v) is 11.0. The molecule has 2 aromatic rings. The number of aryl methyl sites for hydroxylation is 1. The van der Waals surface area contributed by atoms with Crippen molar-refractivity contribution in [3.8, 4) is 0 Å². The molecule has 2 rings (SSSR count). The van der Waals surface area contributed by atoms with Gasteiger partial charge in [0.25, 0.3) is 0 Å². The Balaban J connectivity index is 1.83. The second-order valence-corrected chi connectivity index (χ2v) is 4.70. The van der Waals surface area contributed by atoms with E-state index in [-0.39, 0.29) is 0 Å².